The van der Waals surface area contributed by atoms with E-state index in [2.05, 4.69) is 57.2 Å². The van der Waals surface area contributed by atoms with Gasteiger partial charge in [0.15, 0.2) is 0 Å². The lowest BCUT2D eigenvalue weighted by atomic mass is 9.79. The smallest absolute Gasteiger partial charge is 0.248 e. The summed E-state index contributed by atoms with van der Waals surface area (Å²) in [6.07, 6.45) is 1.75. The van der Waals surface area contributed by atoms with Crippen molar-refractivity contribution < 1.29 is 13.5 Å². The molecule has 1 nitrogen and oxygen atoms in total. The van der Waals surface area contributed by atoms with Crippen LogP contribution in [0.4, 0.5) is 8.78 Å². The van der Waals surface area contributed by atoms with Gasteiger partial charge in [0.2, 0.25) is 5.92 Å². The standard InChI is InChI=1S/C22H26F2O/c1-4-17-6-5-7-19(12-17)21-15(2)10-20(11-16(21)3)25-9-8-18-13-22(23,24)14-18/h5-7,10-12,18H,4,8-9,13-14H2,1-3H3. The predicted octanol–water partition coefficient (Wildman–Crippen LogP) is 6.35. The molecule has 0 radical (unpaired) electrons. The van der Waals surface area contributed by atoms with Gasteiger partial charge in [-0.1, -0.05) is 31.2 Å². The molecule has 2 aromatic carbocycles. The molecule has 0 amide bonds. The first-order valence-corrected chi connectivity index (χ1v) is 9.09. The van der Waals surface area contributed by atoms with Gasteiger partial charge in [-0.3, -0.25) is 0 Å². The molecular weight excluding hydrogens is 318 g/mol. The molecule has 2 aromatic rings. The van der Waals surface area contributed by atoms with E-state index in [0.717, 1.165) is 12.2 Å². The van der Waals surface area contributed by atoms with Crippen molar-refractivity contribution >= 4 is 0 Å². The molecular formula is C22H26F2O. The van der Waals surface area contributed by atoms with Gasteiger partial charge in [0.1, 0.15) is 5.75 Å². The molecule has 1 aliphatic carbocycles. The summed E-state index contributed by atoms with van der Waals surface area (Å²) < 4.78 is 31.6. The average Bonchev–Trinajstić information content (AvgIpc) is 2.52. The molecule has 1 fully saturated rings. The summed E-state index contributed by atoms with van der Waals surface area (Å²) in [4.78, 5) is 0. The van der Waals surface area contributed by atoms with Crippen molar-refractivity contribution in [3.8, 4) is 16.9 Å². The van der Waals surface area contributed by atoms with E-state index in [-0.39, 0.29) is 18.8 Å². The first kappa shape index (κ1) is 17.9. The predicted molar refractivity (Wildman–Crippen MR) is 98.5 cm³/mol. The van der Waals surface area contributed by atoms with Gasteiger partial charge in [0.25, 0.3) is 0 Å². The zero-order chi connectivity index (χ0) is 18.0. The van der Waals surface area contributed by atoms with Crippen LogP contribution in [0, 0.1) is 19.8 Å². The average molecular weight is 344 g/mol. The SMILES string of the molecule is CCc1cccc(-c2c(C)cc(OCCC3CC(F)(F)C3)cc2C)c1. The Balaban J connectivity index is 1.67. The number of rotatable bonds is 6. The molecule has 0 aromatic heterocycles. The second kappa shape index (κ2) is 7.15. The van der Waals surface area contributed by atoms with Crippen molar-refractivity contribution in [2.45, 2.75) is 52.4 Å². The second-order valence-electron chi connectivity index (χ2n) is 7.25. The van der Waals surface area contributed by atoms with Crippen LogP contribution < -0.4 is 4.74 Å². The Bertz CT molecular complexity index is 720. The van der Waals surface area contributed by atoms with Crippen LogP contribution in [0.15, 0.2) is 36.4 Å². The van der Waals surface area contributed by atoms with Crippen LogP contribution in [0.5, 0.6) is 5.75 Å². The largest absolute Gasteiger partial charge is 0.494 e. The molecule has 0 N–H and O–H groups in total. The van der Waals surface area contributed by atoms with E-state index < -0.39 is 5.92 Å². The summed E-state index contributed by atoms with van der Waals surface area (Å²) in [7, 11) is 0. The Morgan fingerprint density at radius 2 is 1.76 bits per heavy atom. The van der Waals surface area contributed by atoms with Gasteiger partial charge in [-0.25, -0.2) is 8.78 Å². The Labute approximate surface area is 149 Å². The molecule has 0 bridgehead atoms. The fraction of sp³-hybridized carbons (Fsp3) is 0.455. The maximum absolute atomic E-state index is 12.9. The minimum Gasteiger partial charge on any atom is -0.494 e. The summed E-state index contributed by atoms with van der Waals surface area (Å²) in [6, 6.07) is 12.7. The number of halogens is 2. The highest BCUT2D eigenvalue weighted by atomic mass is 19.3. The van der Waals surface area contributed by atoms with Crippen LogP contribution in [0.3, 0.4) is 0 Å². The number of aryl methyl sites for hydroxylation is 3. The maximum Gasteiger partial charge on any atom is 0.248 e. The molecule has 0 aliphatic heterocycles. The van der Waals surface area contributed by atoms with E-state index in [1.54, 1.807) is 0 Å². The molecule has 0 atom stereocenters. The normalized spacial score (nSPS) is 16.5. The third-order valence-electron chi connectivity index (χ3n) is 5.10. The summed E-state index contributed by atoms with van der Waals surface area (Å²) in [5.74, 6) is -1.50. The van der Waals surface area contributed by atoms with Crippen molar-refractivity contribution in [1.82, 2.24) is 0 Å². The molecule has 0 unspecified atom stereocenters. The second-order valence-corrected chi connectivity index (χ2v) is 7.25. The van der Waals surface area contributed by atoms with E-state index in [1.165, 1.54) is 27.8 Å². The van der Waals surface area contributed by atoms with E-state index in [4.69, 9.17) is 4.74 Å². The molecule has 3 rings (SSSR count). The van der Waals surface area contributed by atoms with E-state index in [0.29, 0.717) is 13.0 Å². The van der Waals surface area contributed by atoms with Crippen LogP contribution in [0.2, 0.25) is 0 Å². The number of alkyl halides is 2. The van der Waals surface area contributed by atoms with Crippen LogP contribution >= 0.6 is 0 Å². The van der Waals surface area contributed by atoms with Crippen LogP contribution in [0.25, 0.3) is 11.1 Å². The highest BCUT2D eigenvalue weighted by Gasteiger charge is 2.44. The van der Waals surface area contributed by atoms with Gasteiger partial charge in [-0.2, -0.15) is 0 Å². The highest BCUT2D eigenvalue weighted by Crippen LogP contribution is 2.44. The number of hydrogen-bond acceptors (Lipinski definition) is 1. The molecule has 25 heavy (non-hydrogen) atoms. The lowest BCUT2D eigenvalue weighted by Gasteiger charge is -2.34. The lowest BCUT2D eigenvalue weighted by Crippen LogP contribution is -2.36. The van der Waals surface area contributed by atoms with Gasteiger partial charge < -0.3 is 4.74 Å². The Morgan fingerprint density at radius 1 is 1.08 bits per heavy atom. The van der Waals surface area contributed by atoms with Crippen molar-refractivity contribution in [1.29, 1.82) is 0 Å². The first-order chi connectivity index (χ1) is 11.9. The Kier molecular flexibility index (Phi) is 5.12. The van der Waals surface area contributed by atoms with Gasteiger partial charge in [-0.05, 0) is 72.6 Å². The maximum atomic E-state index is 12.9. The molecule has 134 valence electrons. The molecule has 1 saturated carbocycles. The molecule has 0 spiro atoms. The quantitative estimate of drug-likeness (QED) is 0.593. The van der Waals surface area contributed by atoms with Gasteiger partial charge in [-0.15, -0.1) is 0 Å². The van der Waals surface area contributed by atoms with Crippen molar-refractivity contribution in [2.75, 3.05) is 6.61 Å². The molecule has 0 saturated heterocycles. The monoisotopic (exact) mass is 344 g/mol. The van der Waals surface area contributed by atoms with Gasteiger partial charge in [0.05, 0.1) is 6.61 Å². The summed E-state index contributed by atoms with van der Waals surface area (Å²) >= 11 is 0. The molecule has 0 heterocycles. The molecule has 1 aliphatic rings. The number of ether oxygens (including phenoxy) is 1. The van der Waals surface area contributed by atoms with E-state index in [1.807, 2.05) is 0 Å². The number of hydrogen-bond donors (Lipinski definition) is 0. The Morgan fingerprint density at radius 3 is 2.36 bits per heavy atom. The molecule has 3 heteroatoms. The topological polar surface area (TPSA) is 9.23 Å². The third kappa shape index (κ3) is 4.20. The Hall–Kier alpha value is -1.90. The minimum absolute atomic E-state index is 0.0150. The lowest BCUT2D eigenvalue weighted by molar-refractivity contribution is -0.113. The van der Waals surface area contributed by atoms with Crippen LogP contribution in [0.1, 0.15) is 42.9 Å². The van der Waals surface area contributed by atoms with Crippen molar-refractivity contribution in [3.05, 3.63) is 53.1 Å². The van der Waals surface area contributed by atoms with Gasteiger partial charge in [0, 0.05) is 12.8 Å². The first-order valence-electron chi connectivity index (χ1n) is 9.09. The van der Waals surface area contributed by atoms with Crippen LogP contribution in [-0.2, 0) is 6.42 Å². The fourth-order valence-corrected chi connectivity index (χ4v) is 3.74. The van der Waals surface area contributed by atoms with Gasteiger partial charge >= 0.3 is 0 Å². The highest BCUT2D eigenvalue weighted by molar-refractivity contribution is 5.72. The van der Waals surface area contributed by atoms with Crippen LogP contribution in [-0.4, -0.2) is 12.5 Å². The summed E-state index contributed by atoms with van der Waals surface area (Å²) in [5, 5.41) is 0. The zero-order valence-corrected chi connectivity index (χ0v) is 15.2. The fourth-order valence-electron chi connectivity index (χ4n) is 3.74. The summed E-state index contributed by atoms with van der Waals surface area (Å²) in [5.41, 5.74) is 6.17. The van der Waals surface area contributed by atoms with E-state index in [9.17, 15) is 8.78 Å². The zero-order valence-electron chi connectivity index (χ0n) is 15.2. The summed E-state index contributed by atoms with van der Waals surface area (Å²) in [6.45, 7) is 6.86. The van der Waals surface area contributed by atoms with Crippen molar-refractivity contribution in [3.63, 3.8) is 0 Å². The number of benzene rings is 2. The van der Waals surface area contributed by atoms with Crippen molar-refractivity contribution in [2.24, 2.45) is 5.92 Å². The third-order valence-corrected chi connectivity index (χ3v) is 5.10. The minimum atomic E-state index is -2.44. The van der Waals surface area contributed by atoms with E-state index >= 15 is 0 Å².